The molecule has 1 unspecified atom stereocenters. The highest BCUT2D eigenvalue weighted by molar-refractivity contribution is 7.90. The Hall–Kier alpha value is -6.71. The van der Waals surface area contributed by atoms with E-state index in [0.29, 0.717) is 86.9 Å². The van der Waals surface area contributed by atoms with Gasteiger partial charge >= 0.3 is 10.2 Å². The fraction of sp³-hybridized carbons (Fsp3) is 0.370. The number of hydrogen-bond acceptors (Lipinski definition) is 13. The van der Waals surface area contributed by atoms with Crippen molar-refractivity contribution in [3.63, 3.8) is 0 Å². The zero-order valence-electron chi connectivity index (χ0n) is 36.3. The number of benzene rings is 2. The molecule has 3 amide bonds. The average Bonchev–Trinajstić information content (AvgIpc) is 4.11. The number of rotatable bonds is 13. The Morgan fingerprint density at radius 1 is 0.910 bits per heavy atom. The normalized spacial score (nSPS) is 19.6. The molecule has 5 aliphatic rings. The molecule has 5 N–H and O–H groups in total. The van der Waals surface area contributed by atoms with E-state index in [9.17, 15) is 32.7 Å². The van der Waals surface area contributed by atoms with Crippen LogP contribution in [0.3, 0.4) is 0 Å². The van der Waals surface area contributed by atoms with E-state index in [4.69, 9.17) is 5.41 Å². The molecule has 350 valence electrons. The number of carbonyl (C=O) groups is 4. The van der Waals surface area contributed by atoms with E-state index < -0.39 is 62.2 Å². The molecule has 3 saturated heterocycles. The highest BCUT2D eigenvalue weighted by Crippen LogP contribution is 2.37. The zero-order valence-corrected chi connectivity index (χ0v) is 37.1. The number of amides is 3. The highest BCUT2D eigenvalue weighted by atomic mass is 32.2. The summed E-state index contributed by atoms with van der Waals surface area (Å²) < 4.78 is 75.1. The van der Waals surface area contributed by atoms with Gasteiger partial charge in [0.25, 0.3) is 0 Å². The van der Waals surface area contributed by atoms with E-state index in [1.54, 1.807) is 41.4 Å². The van der Waals surface area contributed by atoms with Gasteiger partial charge in [0.05, 0.1) is 40.4 Å². The first-order valence-electron chi connectivity index (χ1n) is 21.9. The lowest BCUT2D eigenvalue weighted by molar-refractivity contribution is -0.138. The Labute approximate surface area is 383 Å². The predicted octanol–water partition coefficient (Wildman–Crippen LogP) is 4.25. The molecule has 21 heteroatoms. The molecule has 3 aliphatic heterocycles. The molecule has 4 aromatic rings. The maximum Gasteiger partial charge on any atom is 0.301 e. The third kappa shape index (κ3) is 9.35. The lowest BCUT2D eigenvalue weighted by Crippen LogP contribution is -2.52. The smallest absolute Gasteiger partial charge is 0.301 e. The fourth-order valence-corrected chi connectivity index (χ4v) is 10.1. The minimum absolute atomic E-state index is 0.0716. The van der Waals surface area contributed by atoms with Gasteiger partial charge in [-0.05, 0) is 86.7 Å². The van der Waals surface area contributed by atoms with Gasteiger partial charge in [0.1, 0.15) is 23.5 Å². The van der Waals surface area contributed by atoms with Crippen LogP contribution < -0.4 is 25.2 Å². The number of nitrogens with zero attached hydrogens (tertiary/aromatic N) is 6. The molecule has 5 heterocycles. The average molecular weight is 941 g/mol. The number of aromatic nitrogens is 2. The maximum atomic E-state index is 15.8. The second-order valence-electron chi connectivity index (χ2n) is 17.5. The second-order valence-corrected chi connectivity index (χ2v) is 19.3. The SMILES string of the molecule is CN(C1CC1)S(=O)(=O)Nc1ccc(F)c(C(=O)C2=CC(=N)c3ncc(-c4ccc(N5CCN(C(=O)CC6(O)CCN(c7ccc(NC8CCC(=O)NC8=O)cc7F)CC6)CC5)nc4)cc32)c1F. The number of anilines is 4. The summed E-state index contributed by atoms with van der Waals surface area (Å²) in [7, 11) is -2.83. The van der Waals surface area contributed by atoms with Crippen LogP contribution in [0, 0.1) is 22.9 Å². The summed E-state index contributed by atoms with van der Waals surface area (Å²) in [6.45, 7) is 2.40. The Kier molecular flexibility index (Phi) is 12.1. The summed E-state index contributed by atoms with van der Waals surface area (Å²) in [5, 5.41) is 25.1. The minimum Gasteiger partial charge on any atom is -0.389 e. The van der Waals surface area contributed by atoms with Crippen LogP contribution in [-0.2, 0) is 24.6 Å². The van der Waals surface area contributed by atoms with Crippen molar-refractivity contribution in [1.29, 1.82) is 5.41 Å². The number of piperidine rings is 2. The number of fused-ring (bicyclic) bond motifs is 1. The van der Waals surface area contributed by atoms with Crippen molar-refractivity contribution < 1.29 is 45.9 Å². The first kappa shape index (κ1) is 45.4. The number of piperazine rings is 1. The standard InChI is InChI=1S/C46H47F3N10O7S/c1-56(29-4-5-29)67(65,66)55-35-7-6-32(47)41(42(35)49)44(62)31-22-34(50)43-30(31)20-27(25-52-43)26-2-10-38(51-24-26)58-16-18-59(19-17-58)40(61)23-46(64)12-14-57(15-13-46)37-9-3-28(21-33(37)48)53-36-8-11-39(60)54-45(36)63/h2-3,6-7,9-10,20-22,24-25,29,36,50,53,55,64H,4-5,8,11-19,23H2,1H3,(H,54,60,63). The first-order chi connectivity index (χ1) is 32.0. The molecule has 0 spiro atoms. The number of halogens is 3. The second kappa shape index (κ2) is 17.8. The summed E-state index contributed by atoms with van der Waals surface area (Å²) in [6.07, 6.45) is 6.55. The lowest BCUT2D eigenvalue weighted by Gasteiger charge is -2.41. The highest BCUT2D eigenvalue weighted by Gasteiger charge is 2.39. The molecular formula is C46H47F3N10O7S. The van der Waals surface area contributed by atoms with Crippen molar-refractivity contribution in [2.24, 2.45) is 0 Å². The molecule has 2 aromatic carbocycles. The first-order valence-corrected chi connectivity index (χ1v) is 23.4. The van der Waals surface area contributed by atoms with Crippen molar-refractivity contribution >= 4 is 67.9 Å². The van der Waals surface area contributed by atoms with Crippen LogP contribution in [0.1, 0.15) is 66.6 Å². The number of aliphatic hydroxyl groups is 1. The van der Waals surface area contributed by atoms with Gasteiger partial charge in [0.15, 0.2) is 11.6 Å². The molecule has 17 nitrogen and oxygen atoms in total. The summed E-state index contributed by atoms with van der Waals surface area (Å²) >= 11 is 0. The Balaban J connectivity index is 0.786. The third-order valence-electron chi connectivity index (χ3n) is 13.0. The minimum atomic E-state index is -4.18. The fourth-order valence-electron chi connectivity index (χ4n) is 8.89. The number of pyridine rings is 2. The van der Waals surface area contributed by atoms with E-state index in [-0.39, 0.29) is 66.1 Å². The van der Waals surface area contributed by atoms with Crippen molar-refractivity contribution in [3.8, 4) is 11.1 Å². The van der Waals surface area contributed by atoms with Gasteiger partial charge in [0, 0.05) is 99.1 Å². The van der Waals surface area contributed by atoms with E-state index in [2.05, 4.69) is 25.3 Å². The summed E-state index contributed by atoms with van der Waals surface area (Å²) in [4.78, 5) is 65.4. The topological polar surface area (TPSA) is 221 Å². The van der Waals surface area contributed by atoms with Crippen LogP contribution in [0.2, 0.25) is 0 Å². The number of imide groups is 1. The molecule has 67 heavy (non-hydrogen) atoms. The number of carbonyl (C=O) groups excluding carboxylic acids is 4. The van der Waals surface area contributed by atoms with Crippen molar-refractivity contribution in [2.75, 3.05) is 66.2 Å². The monoisotopic (exact) mass is 940 g/mol. The van der Waals surface area contributed by atoms with Gasteiger partial charge in [-0.15, -0.1) is 0 Å². The van der Waals surface area contributed by atoms with Crippen LogP contribution in [0.25, 0.3) is 16.7 Å². The van der Waals surface area contributed by atoms with E-state index >= 15 is 13.2 Å². The number of hydrogen-bond donors (Lipinski definition) is 5. The zero-order chi connectivity index (χ0) is 47.4. The van der Waals surface area contributed by atoms with Crippen molar-refractivity contribution in [2.45, 2.75) is 62.6 Å². The van der Waals surface area contributed by atoms with E-state index in [1.165, 1.54) is 25.4 Å². The lowest BCUT2D eigenvalue weighted by atomic mass is 9.87. The van der Waals surface area contributed by atoms with Crippen molar-refractivity contribution in [3.05, 3.63) is 101 Å². The molecule has 4 fully saturated rings. The number of nitrogens with one attached hydrogen (secondary N) is 4. The molecule has 0 bridgehead atoms. The largest absolute Gasteiger partial charge is 0.389 e. The van der Waals surface area contributed by atoms with Crippen LogP contribution in [0.5, 0.6) is 0 Å². The molecule has 2 aliphatic carbocycles. The van der Waals surface area contributed by atoms with Gasteiger partial charge in [-0.25, -0.2) is 18.2 Å². The van der Waals surface area contributed by atoms with Gasteiger partial charge < -0.3 is 25.1 Å². The Bertz CT molecular complexity index is 2840. The number of Topliss-reactive ketones (excluding diaryl/α,β-unsaturated/α-hetero) is 1. The molecule has 9 rings (SSSR count). The molecule has 0 radical (unpaired) electrons. The van der Waals surface area contributed by atoms with E-state index in [1.807, 2.05) is 9.80 Å². The summed E-state index contributed by atoms with van der Waals surface area (Å²) in [5.41, 5.74) is -0.965. The van der Waals surface area contributed by atoms with Crippen LogP contribution in [0.15, 0.2) is 67.0 Å². The molecular weight excluding hydrogens is 894 g/mol. The Morgan fingerprint density at radius 3 is 2.31 bits per heavy atom. The number of allylic oxidation sites excluding steroid dienone is 2. The van der Waals surface area contributed by atoms with Gasteiger partial charge in [-0.3, -0.25) is 39.6 Å². The quantitative estimate of drug-likeness (QED) is 0.0939. The van der Waals surface area contributed by atoms with Crippen LogP contribution in [-0.4, -0.2) is 126 Å². The summed E-state index contributed by atoms with van der Waals surface area (Å²) in [5.74, 6) is -4.50. The van der Waals surface area contributed by atoms with Gasteiger partial charge in [-0.1, -0.05) is 0 Å². The summed E-state index contributed by atoms with van der Waals surface area (Å²) in [6, 6.07) is 10.6. The maximum absolute atomic E-state index is 15.8. The molecule has 1 atom stereocenters. The molecule has 2 aromatic heterocycles. The van der Waals surface area contributed by atoms with Crippen LogP contribution >= 0.6 is 0 Å². The van der Waals surface area contributed by atoms with Gasteiger partial charge in [-0.2, -0.15) is 12.7 Å². The Morgan fingerprint density at radius 2 is 1.64 bits per heavy atom. The third-order valence-corrected chi connectivity index (χ3v) is 14.6. The van der Waals surface area contributed by atoms with E-state index in [0.717, 1.165) is 16.4 Å². The van der Waals surface area contributed by atoms with Crippen molar-refractivity contribution in [1.82, 2.24) is 24.5 Å². The van der Waals surface area contributed by atoms with Crippen LogP contribution in [0.4, 0.5) is 36.1 Å². The molecule has 1 saturated carbocycles. The predicted molar refractivity (Wildman–Crippen MR) is 242 cm³/mol. The number of ketones is 1. The van der Waals surface area contributed by atoms with Gasteiger partial charge in [0.2, 0.25) is 17.7 Å².